The molecule has 2 nitrogen and oxygen atoms in total. The van der Waals surface area contributed by atoms with Crippen LogP contribution in [-0.2, 0) is 17.6 Å². The smallest absolute Gasteiger partial charge is 0.315 e. The summed E-state index contributed by atoms with van der Waals surface area (Å²) in [5.74, 6) is -13.8. The van der Waals surface area contributed by atoms with Crippen LogP contribution in [0.3, 0.4) is 0 Å². The number of rotatable bonds is 4. The minimum Gasteiger partial charge on any atom is -0.420 e. The Labute approximate surface area is 128 Å². The summed E-state index contributed by atoms with van der Waals surface area (Å²) >= 11 is 0. The molecular weight excluding hydrogens is 319 g/mol. The zero-order valence-electron chi connectivity index (χ0n) is 11.9. The van der Waals surface area contributed by atoms with E-state index in [0.717, 1.165) is 12.0 Å². The Morgan fingerprint density at radius 1 is 0.826 bits per heavy atom. The Kier molecular flexibility index (Phi) is 4.98. The molecule has 0 spiro atoms. The number of carbonyl (C=O) groups excluding carboxylic acids is 1. The minimum atomic E-state index is -2.31. The van der Waals surface area contributed by atoms with Crippen LogP contribution in [0, 0.1) is 29.1 Å². The second-order valence-corrected chi connectivity index (χ2v) is 4.72. The summed E-state index contributed by atoms with van der Waals surface area (Å²) in [5, 5.41) is 0. The molecule has 2 rings (SSSR count). The fraction of sp³-hybridized carbons (Fsp3) is 0.188. The number of esters is 1. The molecule has 0 unspecified atom stereocenters. The molecule has 2 aromatic rings. The number of aryl methyl sites for hydroxylation is 1. The highest BCUT2D eigenvalue weighted by Gasteiger charge is 2.28. The molecule has 0 aliphatic carbocycles. The van der Waals surface area contributed by atoms with E-state index >= 15 is 0 Å². The van der Waals surface area contributed by atoms with E-state index in [-0.39, 0.29) is 6.42 Å². The van der Waals surface area contributed by atoms with Gasteiger partial charge in [0, 0.05) is 0 Å². The molecule has 7 heteroatoms. The van der Waals surface area contributed by atoms with Gasteiger partial charge in [0.15, 0.2) is 0 Å². The molecule has 0 radical (unpaired) electrons. The van der Waals surface area contributed by atoms with Gasteiger partial charge in [-0.2, -0.15) is 8.78 Å². The highest BCUT2D eigenvalue weighted by molar-refractivity contribution is 5.75. The Balaban J connectivity index is 2.20. The number of carbonyl (C=O) groups is 1. The topological polar surface area (TPSA) is 26.3 Å². The number of halogens is 5. The van der Waals surface area contributed by atoms with Crippen LogP contribution in [0.5, 0.6) is 5.75 Å². The summed E-state index contributed by atoms with van der Waals surface area (Å²) in [7, 11) is 0. The van der Waals surface area contributed by atoms with Crippen molar-refractivity contribution in [2.24, 2.45) is 0 Å². The van der Waals surface area contributed by atoms with E-state index in [2.05, 4.69) is 4.74 Å². The Morgan fingerprint density at radius 2 is 1.26 bits per heavy atom. The largest absolute Gasteiger partial charge is 0.420 e. The van der Waals surface area contributed by atoms with Gasteiger partial charge in [-0.1, -0.05) is 31.2 Å². The first-order chi connectivity index (χ1) is 10.8. The van der Waals surface area contributed by atoms with Crippen LogP contribution in [0.4, 0.5) is 22.0 Å². The maximum atomic E-state index is 13.4. The summed E-state index contributed by atoms with van der Waals surface area (Å²) in [6, 6.07) is 6.72. The monoisotopic (exact) mass is 330 g/mol. The van der Waals surface area contributed by atoms with E-state index in [4.69, 9.17) is 0 Å². The highest BCUT2D eigenvalue weighted by atomic mass is 19.2. The predicted molar refractivity (Wildman–Crippen MR) is 71.4 cm³/mol. The van der Waals surface area contributed by atoms with Gasteiger partial charge < -0.3 is 4.74 Å². The van der Waals surface area contributed by atoms with Gasteiger partial charge in [-0.25, -0.2) is 13.2 Å². The summed E-state index contributed by atoms with van der Waals surface area (Å²) in [4.78, 5) is 11.7. The average Bonchev–Trinajstić information content (AvgIpc) is 2.56. The molecule has 0 fully saturated rings. The van der Waals surface area contributed by atoms with E-state index in [9.17, 15) is 26.7 Å². The lowest BCUT2D eigenvalue weighted by Gasteiger charge is -2.09. The first-order valence-corrected chi connectivity index (χ1v) is 6.65. The molecule has 0 aromatic heterocycles. The van der Waals surface area contributed by atoms with Crippen molar-refractivity contribution in [2.45, 2.75) is 19.8 Å². The summed E-state index contributed by atoms with van der Waals surface area (Å²) in [6.07, 6.45) is 0.415. The number of hydrogen-bond donors (Lipinski definition) is 0. The highest BCUT2D eigenvalue weighted by Crippen LogP contribution is 2.29. The third kappa shape index (κ3) is 3.49. The molecule has 0 N–H and O–H groups in total. The second-order valence-electron chi connectivity index (χ2n) is 4.72. The Bertz CT molecular complexity index is 712. The molecule has 2 aromatic carbocycles. The van der Waals surface area contributed by atoms with Gasteiger partial charge in [-0.15, -0.1) is 0 Å². The molecule has 0 amide bonds. The summed E-state index contributed by atoms with van der Waals surface area (Å²) in [5.41, 5.74) is 1.50. The van der Waals surface area contributed by atoms with Crippen molar-refractivity contribution < 1.29 is 31.5 Å². The quantitative estimate of drug-likeness (QED) is 0.277. The first kappa shape index (κ1) is 16.9. The predicted octanol–water partition coefficient (Wildman–Crippen LogP) is 4.09. The first-order valence-electron chi connectivity index (χ1n) is 6.65. The zero-order chi connectivity index (χ0) is 17.1. The van der Waals surface area contributed by atoms with Crippen LogP contribution in [0.15, 0.2) is 24.3 Å². The molecule has 0 saturated heterocycles. The number of benzene rings is 2. The Morgan fingerprint density at radius 3 is 1.74 bits per heavy atom. The van der Waals surface area contributed by atoms with Crippen molar-refractivity contribution >= 4 is 5.97 Å². The van der Waals surface area contributed by atoms with E-state index in [1.807, 2.05) is 6.92 Å². The lowest BCUT2D eigenvalue weighted by atomic mass is 10.1. The van der Waals surface area contributed by atoms with Crippen LogP contribution in [0.1, 0.15) is 18.1 Å². The van der Waals surface area contributed by atoms with Crippen LogP contribution in [0.25, 0.3) is 0 Å². The van der Waals surface area contributed by atoms with Gasteiger partial charge in [0.05, 0.1) is 6.42 Å². The molecule has 0 bridgehead atoms. The van der Waals surface area contributed by atoms with E-state index < -0.39 is 40.8 Å². The molecule has 122 valence electrons. The van der Waals surface area contributed by atoms with E-state index in [1.54, 1.807) is 24.3 Å². The summed E-state index contributed by atoms with van der Waals surface area (Å²) in [6.45, 7) is 1.94. The van der Waals surface area contributed by atoms with Crippen molar-refractivity contribution in [2.75, 3.05) is 0 Å². The third-order valence-corrected chi connectivity index (χ3v) is 3.17. The molecule has 0 atom stereocenters. The summed E-state index contributed by atoms with van der Waals surface area (Å²) < 4.78 is 70.0. The molecule has 23 heavy (non-hydrogen) atoms. The van der Waals surface area contributed by atoms with Crippen molar-refractivity contribution in [1.29, 1.82) is 0 Å². The average molecular weight is 330 g/mol. The normalized spacial score (nSPS) is 10.7. The van der Waals surface area contributed by atoms with Crippen LogP contribution < -0.4 is 4.74 Å². The van der Waals surface area contributed by atoms with Crippen LogP contribution in [0.2, 0.25) is 0 Å². The van der Waals surface area contributed by atoms with Gasteiger partial charge in [0.1, 0.15) is 0 Å². The van der Waals surface area contributed by atoms with E-state index in [0.29, 0.717) is 5.56 Å². The van der Waals surface area contributed by atoms with Crippen molar-refractivity contribution in [3.05, 3.63) is 64.5 Å². The van der Waals surface area contributed by atoms with Crippen LogP contribution >= 0.6 is 0 Å². The Hall–Kier alpha value is -2.44. The second kappa shape index (κ2) is 6.76. The fourth-order valence-corrected chi connectivity index (χ4v) is 1.88. The fourth-order valence-electron chi connectivity index (χ4n) is 1.88. The van der Waals surface area contributed by atoms with Gasteiger partial charge in [0.2, 0.25) is 34.8 Å². The van der Waals surface area contributed by atoms with Crippen molar-refractivity contribution in [1.82, 2.24) is 0 Å². The molecule has 0 heterocycles. The molecular formula is C16H11F5O2. The van der Waals surface area contributed by atoms with Crippen molar-refractivity contribution in [3.8, 4) is 5.75 Å². The molecule has 0 aliphatic rings. The standard InChI is InChI=1S/C16H11F5O2/c1-2-8-3-5-9(6-4-8)7-10(22)23-16-14(20)12(18)11(17)13(19)15(16)21/h3-6H,2,7H2,1H3. The number of ether oxygens (including phenoxy) is 1. The van der Waals surface area contributed by atoms with Crippen LogP contribution in [-0.4, -0.2) is 5.97 Å². The third-order valence-electron chi connectivity index (χ3n) is 3.17. The lowest BCUT2D eigenvalue weighted by molar-refractivity contribution is -0.134. The maximum absolute atomic E-state index is 13.4. The van der Waals surface area contributed by atoms with Gasteiger partial charge in [-0.05, 0) is 17.5 Å². The minimum absolute atomic E-state index is 0.372. The van der Waals surface area contributed by atoms with E-state index in [1.165, 1.54) is 0 Å². The molecule has 0 saturated carbocycles. The lowest BCUT2D eigenvalue weighted by Crippen LogP contribution is -2.15. The van der Waals surface area contributed by atoms with Gasteiger partial charge in [0.25, 0.3) is 0 Å². The SMILES string of the molecule is CCc1ccc(CC(=O)Oc2c(F)c(F)c(F)c(F)c2F)cc1. The molecule has 0 aliphatic heterocycles. The number of hydrogen-bond acceptors (Lipinski definition) is 2. The van der Waals surface area contributed by atoms with Crippen molar-refractivity contribution in [3.63, 3.8) is 0 Å². The van der Waals surface area contributed by atoms with Gasteiger partial charge in [-0.3, -0.25) is 4.79 Å². The van der Waals surface area contributed by atoms with Gasteiger partial charge >= 0.3 is 5.97 Å². The maximum Gasteiger partial charge on any atom is 0.315 e. The zero-order valence-corrected chi connectivity index (χ0v) is 11.9.